The minimum atomic E-state index is -3.49. The van der Waals surface area contributed by atoms with Crippen molar-refractivity contribution in [3.8, 4) is 0 Å². The third kappa shape index (κ3) is 4.30. The standard InChI is InChI=1S/C14H23NO3S/c1-4-12(5-2)9-15-19(17,18)14-7-6-11(3)13(8-14)10-16/h6-8,12,15-16H,4-5,9-10H2,1-3H3. The molecule has 0 bridgehead atoms. The van der Waals surface area contributed by atoms with E-state index in [1.807, 2.05) is 6.92 Å². The Morgan fingerprint density at radius 3 is 2.42 bits per heavy atom. The average Bonchev–Trinajstić information content (AvgIpc) is 2.40. The van der Waals surface area contributed by atoms with Gasteiger partial charge in [-0.2, -0.15) is 0 Å². The Morgan fingerprint density at radius 2 is 1.89 bits per heavy atom. The molecule has 0 saturated heterocycles. The molecule has 108 valence electrons. The van der Waals surface area contributed by atoms with Crippen molar-refractivity contribution in [1.29, 1.82) is 0 Å². The molecule has 1 aromatic rings. The van der Waals surface area contributed by atoms with Gasteiger partial charge >= 0.3 is 0 Å². The number of rotatable bonds is 7. The highest BCUT2D eigenvalue weighted by atomic mass is 32.2. The van der Waals surface area contributed by atoms with Gasteiger partial charge in [0.15, 0.2) is 0 Å². The van der Waals surface area contributed by atoms with Gasteiger partial charge in [-0.25, -0.2) is 13.1 Å². The predicted molar refractivity (Wildman–Crippen MR) is 76.4 cm³/mol. The molecule has 0 saturated carbocycles. The van der Waals surface area contributed by atoms with E-state index in [1.54, 1.807) is 12.1 Å². The smallest absolute Gasteiger partial charge is 0.240 e. The fraction of sp³-hybridized carbons (Fsp3) is 0.571. The lowest BCUT2D eigenvalue weighted by Gasteiger charge is -2.14. The highest BCUT2D eigenvalue weighted by Crippen LogP contribution is 2.16. The second-order valence-electron chi connectivity index (χ2n) is 4.78. The number of aliphatic hydroxyl groups is 1. The minimum absolute atomic E-state index is 0.151. The predicted octanol–water partition coefficient (Wildman–Crippen LogP) is 2.20. The van der Waals surface area contributed by atoms with Gasteiger partial charge in [0.1, 0.15) is 0 Å². The minimum Gasteiger partial charge on any atom is -0.392 e. The Hall–Kier alpha value is -0.910. The Bertz CT molecular complexity index is 507. The van der Waals surface area contributed by atoms with E-state index in [2.05, 4.69) is 18.6 Å². The molecule has 0 aromatic heterocycles. The summed E-state index contributed by atoms with van der Waals surface area (Å²) in [6, 6.07) is 4.82. The second kappa shape index (κ2) is 7.03. The highest BCUT2D eigenvalue weighted by Gasteiger charge is 2.16. The molecule has 0 aliphatic rings. The van der Waals surface area contributed by atoms with E-state index in [1.165, 1.54) is 6.07 Å². The number of hydrogen-bond acceptors (Lipinski definition) is 3. The van der Waals surface area contributed by atoms with E-state index in [4.69, 9.17) is 0 Å². The number of sulfonamides is 1. The molecule has 0 aliphatic heterocycles. The Labute approximate surface area is 115 Å². The van der Waals surface area contributed by atoms with Crippen LogP contribution in [0.15, 0.2) is 23.1 Å². The first-order valence-corrected chi connectivity index (χ1v) is 8.13. The summed E-state index contributed by atoms with van der Waals surface area (Å²) in [5.74, 6) is 0.359. The highest BCUT2D eigenvalue weighted by molar-refractivity contribution is 7.89. The van der Waals surface area contributed by atoms with Crippen LogP contribution in [0.1, 0.15) is 37.8 Å². The maximum Gasteiger partial charge on any atom is 0.240 e. The first-order valence-electron chi connectivity index (χ1n) is 6.64. The van der Waals surface area contributed by atoms with E-state index in [9.17, 15) is 13.5 Å². The Kier molecular flexibility index (Phi) is 5.97. The largest absolute Gasteiger partial charge is 0.392 e. The van der Waals surface area contributed by atoms with E-state index in [-0.39, 0.29) is 11.5 Å². The van der Waals surface area contributed by atoms with Gasteiger partial charge in [-0.3, -0.25) is 0 Å². The van der Waals surface area contributed by atoms with Crippen molar-refractivity contribution >= 4 is 10.0 Å². The van der Waals surface area contributed by atoms with E-state index in [0.29, 0.717) is 18.0 Å². The summed E-state index contributed by atoms with van der Waals surface area (Å²) in [5, 5.41) is 9.19. The van der Waals surface area contributed by atoms with Crippen LogP contribution in [0, 0.1) is 12.8 Å². The van der Waals surface area contributed by atoms with Crippen LogP contribution in [0.4, 0.5) is 0 Å². The van der Waals surface area contributed by atoms with Crippen LogP contribution >= 0.6 is 0 Å². The van der Waals surface area contributed by atoms with Gasteiger partial charge in [-0.1, -0.05) is 32.8 Å². The molecule has 4 nitrogen and oxygen atoms in total. The molecular weight excluding hydrogens is 262 g/mol. The molecule has 1 aromatic carbocycles. The van der Waals surface area contributed by atoms with E-state index < -0.39 is 10.0 Å². The lowest BCUT2D eigenvalue weighted by atomic mass is 10.0. The molecule has 0 fully saturated rings. The van der Waals surface area contributed by atoms with Crippen molar-refractivity contribution in [3.63, 3.8) is 0 Å². The topological polar surface area (TPSA) is 66.4 Å². The first-order chi connectivity index (χ1) is 8.94. The normalized spacial score (nSPS) is 12.1. The van der Waals surface area contributed by atoms with Gasteiger partial charge < -0.3 is 5.11 Å². The zero-order chi connectivity index (χ0) is 14.5. The summed E-state index contributed by atoms with van der Waals surface area (Å²) in [6.45, 7) is 6.26. The maximum absolute atomic E-state index is 12.2. The third-order valence-electron chi connectivity index (χ3n) is 3.52. The molecular formula is C14H23NO3S. The Morgan fingerprint density at radius 1 is 1.26 bits per heavy atom. The molecule has 0 heterocycles. The second-order valence-corrected chi connectivity index (χ2v) is 6.55. The van der Waals surface area contributed by atoms with Gasteiger partial charge in [0, 0.05) is 6.54 Å². The molecule has 0 radical (unpaired) electrons. The summed E-state index contributed by atoms with van der Waals surface area (Å²) in [4.78, 5) is 0.216. The third-order valence-corrected chi connectivity index (χ3v) is 4.94. The molecule has 0 unspecified atom stereocenters. The van der Waals surface area contributed by atoms with Crippen LogP contribution in [0.3, 0.4) is 0 Å². The van der Waals surface area contributed by atoms with Crippen molar-refractivity contribution in [2.45, 2.75) is 45.1 Å². The number of aliphatic hydroxyl groups excluding tert-OH is 1. The van der Waals surface area contributed by atoms with Gasteiger partial charge in [-0.15, -0.1) is 0 Å². The van der Waals surface area contributed by atoms with Crippen LogP contribution in [0.2, 0.25) is 0 Å². The monoisotopic (exact) mass is 285 g/mol. The molecule has 0 spiro atoms. The van der Waals surface area contributed by atoms with Gasteiger partial charge in [0.05, 0.1) is 11.5 Å². The summed E-state index contributed by atoms with van der Waals surface area (Å²) in [5.41, 5.74) is 1.53. The van der Waals surface area contributed by atoms with Crippen molar-refractivity contribution in [2.24, 2.45) is 5.92 Å². The van der Waals surface area contributed by atoms with Crippen LogP contribution < -0.4 is 4.72 Å². The summed E-state index contributed by atoms with van der Waals surface area (Å²) >= 11 is 0. The lowest BCUT2D eigenvalue weighted by Crippen LogP contribution is -2.29. The van der Waals surface area contributed by atoms with E-state index >= 15 is 0 Å². The molecule has 19 heavy (non-hydrogen) atoms. The van der Waals surface area contributed by atoms with Crippen LogP contribution in [-0.4, -0.2) is 20.1 Å². The van der Waals surface area contributed by atoms with Crippen LogP contribution in [0.5, 0.6) is 0 Å². The number of aryl methyl sites for hydroxylation is 1. The lowest BCUT2D eigenvalue weighted by molar-refractivity contribution is 0.280. The molecule has 0 amide bonds. The quantitative estimate of drug-likeness (QED) is 0.807. The average molecular weight is 285 g/mol. The fourth-order valence-electron chi connectivity index (χ4n) is 1.87. The maximum atomic E-state index is 12.2. The van der Waals surface area contributed by atoms with Gasteiger partial charge in [-0.05, 0) is 36.1 Å². The van der Waals surface area contributed by atoms with E-state index in [0.717, 1.165) is 18.4 Å². The fourth-order valence-corrected chi connectivity index (χ4v) is 3.04. The van der Waals surface area contributed by atoms with Gasteiger partial charge in [0.25, 0.3) is 0 Å². The zero-order valence-electron chi connectivity index (χ0n) is 11.8. The molecule has 0 aliphatic carbocycles. The molecule has 0 atom stereocenters. The molecule has 1 rings (SSSR count). The van der Waals surface area contributed by atoms with Gasteiger partial charge in [0.2, 0.25) is 10.0 Å². The summed E-state index contributed by atoms with van der Waals surface area (Å²) < 4.78 is 26.9. The summed E-state index contributed by atoms with van der Waals surface area (Å²) in [6.07, 6.45) is 1.91. The van der Waals surface area contributed by atoms with Crippen LogP contribution in [0.25, 0.3) is 0 Å². The van der Waals surface area contributed by atoms with Crippen molar-refractivity contribution < 1.29 is 13.5 Å². The first kappa shape index (κ1) is 16.1. The molecule has 5 heteroatoms. The van der Waals surface area contributed by atoms with Crippen LogP contribution in [-0.2, 0) is 16.6 Å². The number of benzene rings is 1. The number of hydrogen-bond donors (Lipinski definition) is 2. The molecule has 2 N–H and O–H groups in total. The van der Waals surface area contributed by atoms with Crippen molar-refractivity contribution in [2.75, 3.05) is 6.54 Å². The Balaban J connectivity index is 2.88. The zero-order valence-corrected chi connectivity index (χ0v) is 12.6. The van der Waals surface area contributed by atoms with Crippen molar-refractivity contribution in [1.82, 2.24) is 4.72 Å². The van der Waals surface area contributed by atoms with Crippen molar-refractivity contribution in [3.05, 3.63) is 29.3 Å². The summed E-state index contributed by atoms with van der Waals surface area (Å²) in [7, 11) is -3.49. The SMILES string of the molecule is CCC(CC)CNS(=O)(=O)c1ccc(C)c(CO)c1. The number of nitrogens with one attached hydrogen (secondary N) is 1.